The van der Waals surface area contributed by atoms with E-state index in [0.717, 1.165) is 24.9 Å². The quantitative estimate of drug-likeness (QED) is 0.411. The molecule has 5 heteroatoms. The summed E-state index contributed by atoms with van der Waals surface area (Å²) < 4.78 is 0. The van der Waals surface area contributed by atoms with Gasteiger partial charge in [0.2, 0.25) is 0 Å². The lowest BCUT2D eigenvalue weighted by molar-refractivity contribution is -0.115. The van der Waals surface area contributed by atoms with Crippen LogP contribution in [0.15, 0.2) is 11.9 Å². The van der Waals surface area contributed by atoms with E-state index in [1.165, 1.54) is 0 Å². The molecule has 0 fully saturated rings. The lowest BCUT2D eigenvalue weighted by atomic mass is 9.91. The van der Waals surface area contributed by atoms with Gasteiger partial charge in [-0.2, -0.15) is 0 Å². The molecule has 5 nitrogen and oxygen atoms in total. The molecule has 0 bridgehead atoms. The van der Waals surface area contributed by atoms with Gasteiger partial charge in [0.15, 0.2) is 0 Å². The fraction of sp³-hybridized carbons (Fsp3) is 0.769. The predicted molar refractivity (Wildman–Crippen MR) is 76.1 cm³/mol. The third-order valence-electron chi connectivity index (χ3n) is 3.03. The number of aldehydes is 1. The van der Waals surface area contributed by atoms with E-state index in [1.807, 2.05) is 48.2 Å². The maximum absolute atomic E-state index is 10.9. The van der Waals surface area contributed by atoms with Gasteiger partial charge in [0.1, 0.15) is 12.5 Å². The van der Waals surface area contributed by atoms with Gasteiger partial charge in [-0.25, -0.2) is 0 Å². The standard InChI is InChI=1S/C13H28N4O/c1-13(2,10-18)7-8-17(6)12(16-5)11(15-4)9-14-3/h9-10,12,14-16H,7-8H2,1-6H3/b11-9+. The molecule has 0 aromatic rings. The molecule has 0 saturated heterocycles. The van der Waals surface area contributed by atoms with Crippen molar-refractivity contribution in [3.05, 3.63) is 11.9 Å². The van der Waals surface area contributed by atoms with Crippen LogP contribution in [0.2, 0.25) is 0 Å². The summed E-state index contributed by atoms with van der Waals surface area (Å²) >= 11 is 0. The SMILES string of the molecule is CN/C=C(/NC)C(NC)N(C)CCC(C)(C)C=O. The Morgan fingerprint density at radius 2 is 1.94 bits per heavy atom. The number of likely N-dealkylation sites (N-methyl/N-ethyl adjacent to an activating group) is 3. The van der Waals surface area contributed by atoms with Crippen molar-refractivity contribution in [1.82, 2.24) is 20.9 Å². The van der Waals surface area contributed by atoms with Gasteiger partial charge in [-0.15, -0.1) is 0 Å². The zero-order valence-corrected chi connectivity index (χ0v) is 12.5. The van der Waals surface area contributed by atoms with Crippen LogP contribution >= 0.6 is 0 Å². The van der Waals surface area contributed by atoms with E-state index in [-0.39, 0.29) is 11.6 Å². The van der Waals surface area contributed by atoms with Crippen molar-refractivity contribution >= 4 is 6.29 Å². The molecule has 0 radical (unpaired) electrons. The Kier molecular flexibility index (Phi) is 7.62. The number of hydrogen-bond acceptors (Lipinski definition) is 5. The number of carbonyl (C=O) groups excluding carboxylic acids is 1. The van der Waals surface area contributed by atoms with Gasteiger partial charge in [-0.05, 0) is 20.5 Å². The van der Waals surface area contributed by atoms with Crippen LogP contribution < -0.4 is 16.0 Å². The van der Waals surface area contributed by atoms with Crippen LogP contribution in [0.5, 0.6) is 0 Å². The lowest BCUT2D eigenvalue weighted by Crippen LogP contribution is -2.47. The molecule has 0 aliphatic carbocycles. The molecular formula is C13H28N4O. The molecular weight excluding hydrogens is 228 g/mol. The zero-order chi connectivity index (χ0) is 14.2. The minimum Gasteiger partial charge on any atom is -0.392 e. The Hall–Kier alpha value is -1.07. The first-order valence-corrected chi connectivity index (χ1v) is 6.30. The van der Waals surface area contributed by atoms with Gasteiger partial charge >= 0.3 is 0 Å². The fourth-order valence-corrected chi connectivity index (χ4v) is 1.71. The highest BCUT2D eigenvalue weighted by atomic mass is 16.1. The fourth-order valence-electron chi connectivity index (χ4n) is 1.71. The highest BCUT2D eigenvalue weighted by Gasteiger charge is 2.21. The normalized spacial score (nSPS) is 14.5. The van der Waals surface area contributed by atoms with Crippen molar-refractivity contribution in [2.24, 2.45) is 5.41 Å². The first-order chi connectivity index (χ1) is 8.41. The second-order valence-electron chi connectivity index (χ2n) is 5.17. The van der Waals surface area contributed by atoms with Crippen LogP contribution in [-0.4, -0.2) is 52.1 Å². The Balaban J connectivity index is 4.57. The van der Waals surface area contributed by atoms with Crippen molar-refractivity contribution in [3.8, 4) is 0 Å². The summed E-state index contributed by atoms with van der Waals surface area (Å²) in [5.41, 5.74) is 0.797. The third kappa shape index (κ3) is 5.51. The van der Waals surface area contributed by atoms with E-state index in [1.54, 1.807) is 0 Å². The van der Waals surface area contributed by atoms with Gasteiger partial charge in [-0.3, -0.25) is 10.2 Å². The van der Waals surface area contributed by atoms with Gasteiger partial charge < -0.3 is 15.4 Å². The number of rotatable bonds is 9. The van der Waals surface area contributed by atoms with E-state index in [4.69, 9.17) is 0 Å². The highest BCUT2D eigenvalue weighted by molar-refractivity contribution is 5.57. The summed E-state index contributed by atoms with van der Waals surface area (Å²) in [5, 5.41) is 9.45. The Morgan fingerprint density at radius 1 is 1.33 bits per heavy atom. The number of hydrogen-bond donors (Lipinski definition) is 3. The molecule has 3 N–H and O–H groups in total. The largest absolute Gasteiger partial charge is 0.392 e. The molecule has 1 unspecified atom stereocenters. The maximum Gasteiger partial charge on any atom is 0.125 e. The zero-order valence-electron chi connectivity index (χ0n) is 12.5. The average molecular weight is 256 g/mol. The van der Waals surface area contributed by atoms with Crippen LogP contribution in [0, 0.1) is 5.41 Å². The number of nitrogens with zero attached hydrogens (tertiary/aromatic N) is 1. The second-order valence-corrected chi connectivity index (χ2v) is 5.17. The molecule has 0 aromatic carbocycles. The van der Waals surface area contributed by atoms with Crippen molar-refractivity contribution in [2.75, 3.05) is 34.7 Å². The van der Waals surface area contributed by atoms with E-state index in [2.05, 4.69) is 20.9 Å². The summed E-state index contributed by atoms with van der Waals surface area (Å²) in [6.07, 6.45) is 3.90. The average Bonchev–Trinajstić information content (AvgIpc) is 2.36. The molecule has 0 aromatic heterocycles. The van der Waals surface area contributed by atoms with E-state index in [9.17, 15) is 4.79 Å². The molecule has 0 aliphatic heterocycles. The van der Waals surface area contributed by atoms with Crippen LogP contribution in [0.25, 0.3) is 0 Å². The Labute approximate surface area is 111 Å². The minimum absolute atomic E-state index is 0.102. The number of carbonyl (C=O) groups is 1. The molecule has 0 amide bonds. The van der Waals surface area contributed by atoms with Gasteiger partial charge in [0.05, 0.1) is 5.70 Å². The molecule has 0 saturated carbocycles. The van der Waals surface area contributed by atoms with Gasteiger partial charge in [-0.1, -0.05) is 13.8 Å². The van der Waals surface area contributed by atoms with Crippen molar-refractivity contribution in [1.29, 1.82) is 0 Å². The van der Waals surface area contributed by atoms with Crippen LogP contribution in [0.4, 0.5) is 0 Å². The molecule has 0 spiro atoms. The number of nitrogens with one attached hydrogen (secondary N) is 3. The van der Waals surface area contributed by atoms with E-state index in [0.29, 0.717) is 0 Å². The van der Waals surface area contributed by atoms with Crippen molar-refractivity contribution in [3.63, 3.8) is 0 Å². The summed E-state index contributed by atoms with van der Waals surface area (Å²) in [4.78, 5) is 13.1. The highest BCUT2D eigenvalue weighted by Crippen LogP contribution is 2.17. The Bertz CT molecular complexity index is 276. The maximum atomic E-state index is 10.9. The van der Waals surface area contributed by atoms with Crippen molar-refractivity contribution in [2.45, 2.75) is 26.4 Å². The van der Waals surface area contributed by atoms with Crippen LogP contribution in [0.1, 0.15) is 20.3 Å². The summed E-state index contributed by atoms with van der Waals surface area (Å²) in [6.45, 7) is 4.77. The topological polar surface area (TPSA) is 56.4 Å². The molecule has 0 rings (SSSR count). The molecule has 0 aliphatic rings. The van der Waals surface area contributed by atoms with E-state index < -0.39 is 0 Å². The molecule has 106 valence electrons. The lowest BCUT2D eigenvalue weighted by Gasteiger charge is -2.31. The van der Waals surface area contributed by atoms with Gasteiger partial charge in [0, 0.05) is 32.3 Å². The van der Waals surface area contributed by atoms with E-state index >= 15 is 0 Å². The first-order valence-electron chi connectivity index (χ1n) is 6.30. The van der Waals surface area contributed by atoms with Crippen molar-refractivity contribution < 1.29 is 4.79 Å². The summed E-state index contributed by atoms with van der Waals surface area (Å²) in [7, 11) is 7.74. The molecule has 18 heavy (non-hydrogen) atoms. The molecule has 0 heterocycles. The van der Waals surface area contributed by atoms with Crippen LogP contribution in [-0.2, 0) is 4.79 Å². The summed E-state index contributed by atoms with van der Waals surface area (Å²) in [6, 6.07) is 0. The van der Waals surface area contributed by atoms with Crippen LogP contribution in [0.3, 0.4) is 0 Å². The molecule has 1 atom stereocenters. The van der Waals surface area contributed by atoms with Gasteiger partial charge in [0.25, 0.3) is 0 Å². The second kappa shape index (κ2) is 8.11. The predicted octanol–water partition coefficient (Wildman–Crippen LogP) is 0.359. The first kappa shape index (κ1) is 16.9. The third-order valence-corrected chi connectivity index (χ3v) is 3.03. The monoisotopic (exact) mass is 256 g/mol. The smallest absolute Gasteiger partial charge is 0.125 e. The summed E-state index contributed by atoms with van der Waals surface area (Å²) in [5.74, 6) is 0. The Morgan fingerprint density at radius 3 is 2.33 bits per heavy atom. The minimum atomic E-state index is -0.265.